The van der Waals surface area contributed by atoms with Crippen LogP contribution < -0.4 is 5.73 Å². The van der Waals surface area contributed by atoms with E-state index in [1.165, 1.54) is 0 Å². The number of aromatic nitrogens is 1. The maximum absolute atomic E-state index is 6.23. The van der Waals surface area contributed by atoms with Gasteiger partial charge in [0.05, 0.1) is 5.69 Å². The predicted octanol–water partition coefficient (Wildman–Crippen LogP) is 5.05. The number of benzene rings is 1. The molecule has 20 heavy (non-hydrogen) atoms. The van der Waals surface area contributed by atoms with E-state index in [0.717, 1.165) is 25.6 Å². The molecule has 0 aliphatic heterocycles. The maximum Gasteiger partial charge on any atom is 0.134 e. The maximum atomic E-state index is 6.23. The third-order valence-electron chi connectivity index (χ3n) is 2.93. The van der Waals surface area contributed by atoms with E-state index in [-0.39, 0.29) is 0 Å². The fourth-order valence-electron chi connectivity index (χ4n) is 1.98. The van der Waals surface area contributed by atoms with Crippen LogP contribution in [0.25, 0.3) is 11.0 Å². The molecule has 0 aliphatic carbocycles. The molecule has 102 valence electrons. The molecular formula is C14H9Br2ClN2O. The quantitative estimate of drug-likeness (QED) is 0.636. The second kappa shape index (κ2) is 5.48. The number of hydrogen-bond acceptors (Lipinski definition) is 3. The highest BCUT2D eigenvalue weighted by molar-refractivity contribution is 9.11. The summed E-state index contributed by atoms with van der Waals surface area (Å²) in [5.41, 5.74) is 7.71. The van der Waals surface area contributed by atoms with E-state index in [0.29, 0.717) is 10.8 Å². The standard InChI is InChI=1S/C14H9Br2ClN2O/c15-8-5-10(16)14(19-6-8)13(18)12-4-7-3-9(17)1-2-11(7)20-12/h1-6,13H,18H2. The summed E-state index contributed by atoms with van der Waals surface area (Å²) in [6, 6.07) is 8.82. The van der Waals surface area contributed by atoms with Crippen molar-refractivity contribution in [2.75, 3.05) is 0 Å². The molecule has 2 heterocycles. The van der Waals surface area contributed by atoms with Crippen molar-refractivity contribution in [2.45, 2.75) is 6.04 Å². The second-order valence-electron chi connectivity index (χ2n) is 4.33. The number of nitrogens with zero attached hydrogens (tertiary/aromatic N) is 1. The first-order valence-electron chi connectivity index (χ1n) is 5.80. The first-order valence-corrected chi connectivity index (χ1v) is 7.76. The predicted molar refractivity (Wildman–Crippen MR) is 86.9 cm³/mol. The third kappa shape index (κ3) is 2.63. The molecule has 3 aromatic rings. The molecule has 3 nitrogen and oxygen atoms in total. The lowest BCUT2D eigenvalue weighted by Crippen LogP contribution is -2.13. The molecule has 0 saturated carbocycles. The van der Waals surface area contributed by atoms with Crippen LogP contribution in [0.3, 0.4) is 0 Å². The zero-order valence-corrected chi connectivity index (χ0v) is 14.0. The van der Waals surface area contributed by atoms with E-state index < -0.39 is 6.04 Å². The average molecular weight is 417 g/mol. The Balaban J connectivity index is 2.05. The monoisotopic (exact) mass is 414 g/mol. The Morgan fingerprint density at radius 3 is 2.75 bits per heavy atom. The van der Waals surface area contributed by atoms with Gasteiger partial charge in [-0.3, -0.25) is 4.98 Å². The third-order valence-corrected chi connectivity index (χ3v) is 4.24. The Morgan fingerprint density at radius 1 is 1.20 bits per heavy atom. The minimum absolute atomic E-state index is 0.441. The zero-order valence-electron chi connectivity index (χ0n) is 10.1. The van der Waals surface area contributed by atoms with Crippen LogP contribution in [0.5, 0.6) is 0 Å². The van der Waals surface area contributed by atoms with Crippen LogP contribution in [0, 0.1) is 0 Å². The van der Waals surface area contributed by atoms with Crippen molar-refractivity contribution in [3.63, 3.8) is 0 Å². The van der Waals surface area contributed by atoms with E-state index >= 15 is 0 Å². The number of rotatable bonds is 2. The Kier molecular flexibility index (Phi) is 3.86. The van der Waals surface area contributed by atoms with Gasteiger partial charge in [0.15, 0.2) is 0 Å². The van der Waals surface area contributed by atoms with Gasteiger partial charge in [-0.05, 0) is 62.2 Å². The van der Waals surface area contributed by atoms with Crippen molar-refractivity contribution in [1.29, 1.82) is 0 Å². The molecule has 3 rings (SSSR count). The van der Waals surface area contributed by atoms with E-state index in [1.807, 2.05) is 24.3 Å². The van der Waals surface area contributed by atoms with Gasteiger partial charge in [0.2, 0.25) is 0 Å². The van der Waals surface area contributed by atoms with Gasteiger partial charge in [-0.2, -0.15) is 0 Å². The first-order chi connectivity index (χ1) is 9.54. The molecule has 6 heteroatoms. The van der Waals surface area contributed by atoms with Crippen molar-refractivity contribution < 1.29 is 4.42 Å². The molecule has 1 aromatic carbocycles. The van der Waals surface area contributed by atoms with Gasteiger partial charge in [0, 0.05) is 25.6 Å². The molecule has 0 amide bonds. The van der Waals surface area contributed by atoms with Crippen molar-refractivity contribution in [3.8, 4) is 0 Å². The van der Waals surface area contributed by atoms with Gasteiger partial charge in [-0.1, -0.05) is 11.6 Å². The Bertz CT molecular complexity index is 788. The van der Waals surface area contributed by atoms with Gasteiger partial charge >= 0.3 is 0 Å². The van der Waals surface area contributed by atoms with E-state index in [2.05, 4.69) is 36.8 Å². The van der Waals surface area contributed by atoms with Gasteiger partial charge in [-0.15, -0.1) is 0 Å². The summed E-state index contributed by atoms with van der Waals surface area (Å²) >= 11 is 12.8. The normalized spacial score (nSPS) is 12.8. The van der Waals surface area contributed by atoms with Gasteiger partial charge in [0.1, 0.15) is 17.4 Å². The van der Waals surface area contributed by atoms with Crippen LogP contribution >= 0.6 is 43.5 Å². The lowest BCUT2D eigenvalue weighted by molar-refractivity contribution is 0.520. The molecule has 2 N–H and O–H groups in total. The molecule has 1 atom stereocenters. The summed E-state index contributed by atoms with van der Waals surface area (Å²) in [7, 11) is 0. The van der Waals surface area contributed by atoms with Crippen LogP contribution in [-0.2, 0) is 0 Å². The van der Waals surface area contributed by atoms with Crippen LogP contribution in [0.15, 0.2) is 49.9 Å². The summed E-state index contributed by atoms with van der Waals surface area (Å²) < 4.78 is 7.49. The van der Waals surface area contributed by atoms with Crippen LogP contribution in [0.1, 0.15) is 17.5 Å². The minimum atomic E-state index is -0.441. The molecule has 2 aromatic heterocycles. The number of nitrogens with two attached hydrogens (primary N) is 1. The Hall–Kier alpha value is -0.880. The van der Waals surface area contributed by atoms with Crippen LogP contribution in [0.2, 0.25) is 5.02 Å². The lowest BCUT2D eigenvalue weighted by Gasteiger charge is -2.10. The summed E-state index contributed by atoms with van der Waals surface area (Å²) in [6.45, 7) is 0. The summed E-state index contributed by atoms with van der Waals surface area (Å²) in [6.07, 6.45) is 1.71. The topological polar surface area (TPSA) is 52.0 Å². The van der Waals surface area contributed by atoms with E-state index in [4.69, 9.17) is 21.8 Å². The van der Waals surface area contributed by atoms with Gasteiger partial charge in [0.25, 0.3) is 0 Å². The van der Waals surface area contributed by atoms with Crippen molar-refractivity contribution in [1.82, 2.24) is 4.98 Å². The van der Waals surface area contributed by atoms with E-state index in [1.54, 1.807) is 12.3 Å². The highest BCUT2D eigenvalue weighted by atomic mass is 79.9. The van der Waals surface area contributed by atoms with Crippen molar-refractivity contribution >= 4 is 54.4 Å². The van der Waals surface area contributed by atoms with Crippen LogP contribution in [-0.4, -0.2) is 4.98 Å². The summed E-state index contributed by atoms with van der Waals surface area (Å²) in [5.74, 6) is 0.651. The van der Waals surface area contributed by atoms with Crippen molar-refractivity contribution in [3.05, 3.63) is 62.0 Å². The lowest BCUT2D eigenvalue weighted by atomic mass is 10.1. The van der Waals surface area contributed by atoms with Gasteiger partial charge < -0.3 is 10.2 Å². The molecule has 0 aliphatic rings. The molecule has 0 spiro atoms. The number of furan rings is 1. The minimum Gasteiger partial charge on any atom is -0.459 e. The molecule has 0 radical (unpaired) electrons. The number of halogens is 3. The zero-order chi connectivity index (χ0) is 14.3. The van der Waals surface area contributed by atoms with Gasteiger partial charge in [-0.25, -0.2) is 0 Å². The summed E-state index contributed by atoms with van der Waals surface area (Å²) in [5, 5.41) is 1.59. The summed E-state index contributed by atoms with van der Waals surface area (Å²) in [4.78, 5) is 4.34. The highest BCUT2D eigenvalue weighted by Crippen LogP contribution is 2.31. The average Bonchev–Trinajstić information content (AvgIpc) is 2.81. The van der Waals surface area contributed by atoms with Crippen molar-refractivity contribution in [2.24, 2.45) is 5.73 Å². The molecular weight excluding hydrogens is 407 g/mol. The Labute approximate surface area is 137 Å². The van der Waals surface area contributed by atoms with Crippen LogP contribution in [0.4, 0.5) is 0 Å². The Morgan fingerprint density at radius 2 is 2.00 bits per heavy atom. The fraction of sp³-hybridized carbons (Fsp3) is 0.0714. The second-order valence-corrected chi connectivity index (χ2v) is 6.54. The molecule has 1 unspecified atom stereocenters. The molecule has 0 fully saturated rings. The van der Waals surface area contributed by atoms with E-state index in [9.17, 15) is 0 Å². The molecule has 0 bridgehead atoms. The number of pyridine rings is 1. The highest BCUT2D eigenvalue weighted by Gasteiger charge is 2.18. The SMILES string of the molecule is NC(c1cc2cc(Cl)ccc2o1)c1ncc(Br)cc1Br. The number of fused-ring (bicyclic) bond motifs is 1. The smallest absolute Gasteiger partial charge is 0.134 e. The largest absolute Gasteiger partial charge is 0.459 e. The molecule has 0 saturated heterocycles. The number of hydrogen-bond donors (Lipinski definition) is 1. The first kappa shape index (κ1) is 14.1. The fourth-order valence-corrected chi connectivity index (χ4v) is 3.39.